The summed E-state index contributed by atoms with van der Waals surface area (Å²) in [6, 6.07) is 12.6. The summed E-state index contributed by atoms with van der Waals surface area (Å²) in [6.45, 7) is 5.47. The van der Waals surface area contributed by atoms with Gasteiger partial charge in [0, 0.05) is 16.2 Å². The van der Waals surface area contributed by atoms with Crippen LogP contribution in [0.4, 0.5) is 5.69 Å². The summed E-state index contributed by atoms with van der Waals surface area (Å²) >= 11 is 3.52. The van der Waals surface area contributed by atoms with Gasteiger partial charge in [0.15, 0.2) is 11.5 Å². The maximum absolute atomic E-state index is 5.64. The third-order valence-corrected chi connectivity index (χ3v) is 4.50. The van der Waals surface area contributed by atoms with Crippen LogP contribution in [0.1, 0.15) is 24.1 Å². The number of halogens is 1. The predicted octanol–water partition coefficient (Wildman–Crippen LogP) is 4.70. The van der Waals surface area contributed by atoms with Gasteiger partial charge in [-0.1, -0.05) is 22.0 Å². The average molecular weight is 348 g/mol. The summed E-state index contributed by atoms with van der Waals surface area (Å²) in [5.41, 5.74) is 3.51. The Morgan fingerprint density at radius 3 is 2.57 bits per heavy atom. The number of aryl methyl sites for hydroxylation is 1. The van der Waals surface area contributed by atoms with Crippen LogP contribution in [0.2, 0.25) is 0 Å². The van der Waals surface area contributed by atoms with Gasteiger partial charge in [-0.15, -0.1) is 0 Å². The minimum Gasteiger partial charge on any atom is -0.486 e. The number of hydrogen-bond donors (Lipinski definition) is 1. The van der Waals surface area contributed by atoms with Gasteiger partial charge in [0.05, 0.1) is 0 Å². The molecule has 0 aromatic heterocycles. The molecule has 0 spiro atoms. The van der Waals surface area contributed by atoms with E-state index in [2.05, 4.69) is 65.4 Å². The predicted molar refractivity (Wildman–Crippen MR) is 88.3 cm³/mol. The van der Waals surface area contributed by atoms with Crippen molar-refractivity contribution < 1.29 is 9.47 Å². The first-order valence-corrected chi connectivity index (χ1v) is 7.85. The second kappa shape index (κ2) is 5.98. The van der Waals surface area contributed by atoms with Crippen LogP contribution in [-0.4, -0.2) is 13.2 Å². The molecule has 0 aliphatic carbocycles. The lowest BCUT2D eigenvalue weighted by molar-refractivity contribution is 0.171. The van der Waals surface area contributed by atoms with Crippen molar-refractivity contribution in [1.82, 2.24) is 0 Å². The first-order chi connectivity index (χ1) is 10.1. The van der Waals surface area contributed by atoms with Crippen LogP contribution >= 0.6 is 15.9 Å². The lowest BCUT2D eigenvalue weighted by atomic mass is 10.1. The molecule has 3 rings (SSSR count). The molecule has 1 aliphatic rings. The topological polar surface area (TPSA) is 30.5 Å². The highest BCUT2D eigenvalue weighted by Gasteiger charge is 2.14. The number of anilines is 1. The Bertz CT molecular complexity index is 657. The van der Waals surface area contributed by atoms with Crippen molar-refractivity contribution in [3.63, 3.8) is 0 Å². The van der Waals surface area contributed by atoms with E-state index in [-0.39, 0.29) is 6.04 Å². The minimum atomic E-state index is 0.196. The molecule has 0 saturated heterocycles. The van der Waals surface area contributed by atoms with E-state index in [1.807, 2.05) is 6.07 Å². The van der Waals surface area contributed by atoms with Gasteiger partial charge in [0.1, 0.15) is 13.2 Å². The molecule has 2 aromatic carbocycles. The van der Waals surface area contributed by atoms with Crippen molar-refractivity contribution in [3.8, 4) is 11.5 Å². The highest BCUT2D eigenvalue weighted by Crippen LogP contribution is 2.33. The fraction of sp³-hybridized carbons (Fsp3) is 0.294. The molecule has 21 heavy (non-hydrogen) atoms. The number of ether oxygens (including phenoxy) is 2. The third-order valence-electron chi connectivity index (χ3n) is 3.61. The average Bonchev–Trinajstić information content (AvgIpc) is 2.50. The van der Waals surface area contributed by atoms with E-state index in [4.69, 9.17) is 9.47 Å². The van der Waals surface area contributed by atoms with Crippen LogP contribution in [0.5, 0.6) is 11.5 Å². The molecule has 1 N–H and O–H groups in total. The fourth-order valence-corrected chi connectivity index (χ4v) is 2.64. The standard InChI is InChI=1S/C17H18BrNO2/c1-11-9-14(4-5-15(11)18)19-12(2)13-3-6-16-17(10-13)21-8-7-20-16/h3-6,9-10,12,19H,7-8H2,1-2H3. The third kappa shape index (κ3) is 3.16. The second-order valence-electron chi connectivity index (χ2n) is 5.23. The summed E-state index contributed by atoms with van der Waals surface area (Å²) in [4.78, 5) is 0. The van der Waals surface area contributed by atoms with Crippen LogP contribution in [0, 0.1) is 6.92 Å². The van der Waals surface area contributed by atoms with Crippen LogP contribution in [-0.2, 0) is 0 Å². The number of nitrogens with one attached hydrogen (secondary N) is 1. The zero-order chi connectivity index (χ0) is 14.8. The molecular weight excluding hydrogens is 330 g/mol. The van der Waals surface area contributed by atoms with E-state index in [0.717, 1.165) is 21.7 Å². The molecule has 0 radical (unpaired) electrons. The highest BCUT2D eigenvalue weighted by molar-refractivity contribution is 9.10. The number of benzene rings is 2. The highest BCUT2D eigenvalue weighted by atomic mass is 79.9. The van der Waals surface area contributed by atoms with Gasteiger partial charge in [-0.2, -0.15) is 0 Å². The zero-order valence-electron chi connectivity index (χ0n) is 12.2. The Labute approximate surface area is 133 Å². The Balaban J connectivity index is 1.78. The molecule has 1 heterocycles. The summed E-state index contributed by atoms with van der Waals surface area (Å²) in [5.74, 6) is 1.66. The van der Waals surface area contributed by atoms with Crippen molar-refractivity contribution in [2.75, 3.05) is 18.5 Å². The maximum atomic E-state index is 5.64. The molecule has 1 atom stereocenters. The van der Waals surface area contributed by atoms with E-state index in [1.54, 1.807) is 0 Å². The van der Waals surface area contributed by atoms with E-state index >= 15 is 0 Å². The molecule has 1 aliphatic heterocycles. The van der Waals surface area contributed by atoms with Gasteiger partial charge in [0.2, 0.25) is 0 Å². The Morgan fingerprint density at radius 1 is 1.05 bits per heavy atom. The van der Waals surface area contributed by atoms with Crippen LogP contribution in [0.3, 0.4) is 0 Å². The van der Waals surface area contributed by atoms with Gasteiger partial charge in [-0.3, -0.25) is 0 Å². The molecule has 4 heteroatoms. The van der Waals surface area contributed by atoms with E-state index in [1.165, 1.54) is 11.1 Å². The van der Waals surface area contributed by atoms with Crippen molar-refractivity contribution in [1.29, 1.82) is 0 Å². The van der Waals surface area contributed by atoms with E-state index < -0.39 is 0 Å². The van der Waals surface area contributed by atoms with E-state index in [9.17, 15) is 0 Å². The van der Waals surface area contributed by atoms with Gasteiger partial charge in [0.25, 0.3) is 0 Å². The number of fused-ring (bicyclic) bond motifs is 1. The van der Waals surface area contributed by atoms with Crippen LogP contribution in [0.25, 0.3) is 0 Å². The van der Waals surface area contributed by atoms with Gasteiger partial charge in [-0.25, -0.2) is 0 Å². The second-order valence-corrected chi connectivity index (χ2v) is 6.09. The Kier molecular flexibility index (Phi) is 4.06. The Hall–Kier alpha value is -1.68. The van der Waals surface area contributed by atoms with Crippen molar-refractivity contribution >= 4 is 21.6 Å². The molecule has 110 valence electrons. The SMILES string of the molecule is Cc1cc(NC(C)c2ccc3c(c2)OCCO3)ccc1Br. The number of hydrogen-bond acceptors (Lipinski definition) is 3. The van der Waals surface area contributed by atoms with Crippen molar-refractivity contribution in [2.45, 2.75) is 19.9 Å². The molecule has 0 bridgehead atoms. The number of rotatable bonds is 3. The van der Waals surface area contributed by atoms with E-state index in [0.29, 0.717) is 13.2 Å². The van der Waals surface area contributed by atoms with Gasteiger partial charge in [-0.05, 0) is 55.3 Å². The largest absolute Gasteiger partial charge is 0.486 e. The van der Waals surface area contributed by atoms with Crippen LogP contribution < -0.4 is 14.8 Å². The molecule has 0 fully saturated rings. The van der Waals surface area contributed by atoms with Crippen LogP contribution in [0.15, 0.2) is 40.9 Å². The summed E-state index contributed by atoms with van der Waals surface area (Å²) < 4.78 is 12.3. The summed E-state index contributed by atoms with van der Waals surface area (Å²) in [7, 11) is 0. The molecule has 0 saturated carbocycles. The fourth-order valence-electron chi connectivity index (χ4n) is 2.40. The van der Waals surface area contributed by atoms with Gasteiger partial charge >= 0.3 is 0 Å². The molecule has 3 nitrogen and oxygen atoms in total. The summed E-state index contributed by atoms with van der Waals surface area (Å²) in [6.07, 6.45) is 0. The molecule has 2 aromatic rings. The first kappa shape index (κ1) is 14.3. The molecule has 0 amide bonds. The normalized spacial score (nSPS) is 14.6. The van der Waals surface area contributed by atoms with Crippen molar-refractivity contribution in [2.24, 2.45) is 0 Å². The maximum Gasteiger partial charge on any atom is 0.161 e. The van der Waals surface area contributed by atoms with Crippen molar-refractivity contribution in [3.05, 3.63) is 52.0 Å². The quantitative estimate of drug-likeness (QED) is 0.872. The smallest absolute Gasteiger partial charge is 0.161 e. The molecular formula is C17H18BrNO2. The first-order valence-electron chi connectivity index (χ1n) is 7.06. The lowest BCUT2D eigenvalue weighted by Gasteiger charge is -2.21. The minimum absolute atomic E-state index is 0.196. The summed E-state index contributed by atoms with van der Waals surface area (Å²) in [5, 5.41) is 3.52. The van der Waals surface area contributed by atoms with Gasteiger partial charge < -0.3 is 14.8 Å². The Morgan fingerprint density at radius 2 is 1.81 bits per heavy atom. The lowest BCUT2D eigenvalue weighted by Crippen LogP contribution is -2.16. The zero-order valence-corrected chi connectivity index (χ0v) is 13.7. The molecule has 1 unspecified atom stereocenters. The monoisotopic (exact) mass is 347 g/mol.